The van der Waals surface area contributed by atoms with E-state index in [4.69, 9.17) is 14.6 Å². The fourth-order valence-corrected chi connectivity index (χ4v) is 5.70. The summed E-state index contributed by atoms with van der Waals surface area (Å²) in [7, 11) is 0. The number of carboxylic acid groups (broad SMARTS) is 1. The third kappa shape index (κ3) is 4.61. The first-order chi connectivity index (χ1) is 14.6. The van der Waals surface area contributed by atoms with Crippen LogP contribution in [0.5, 0.6) is 0 Å². The van der Waals surface area contributed by atoms with Crippen LogP contribution in [0.3, 0.4) is 0 Å². The molecule has 0 radical (unpaired) electrons. The second-order valence-electron chi connectivity index (χ2n) is 9.46. The van der Waals surface area contributed by atoms with Crippen molar-refractivity contribution in [1.29, 1.82) is 0 Å². The quantitative estimate of drug-likeness (QED) is 0.470. The monoisotopic (exact) mass is 432 g/mol. The molecule has 0 aromatic heterocycles. The molecule has 0 amide bonds. The number of carboxylic acids is 1. The Labute approximate surface area is 182 Å². The van der Waals surface area contributed by atoms with E-state index in [1.165, 1.54) is 0 Å². The van der Waals surface area contributed by atoms with E-state index >= 15 is 0 Å². The molecule has 3 aliphatic rings. The fourth-order valence-electron chi connectivity index (χ4n) is 5.70. The zero-order chi connectivity index (χ0) is 22.8. The van der Waals surface area contributed by atoms with E-state index in [0.29, 0.717) is 18.6 Å². The SMILES string of the molecule is C=C1CCC2[C@](C)(COC(=O)CCC(=O)O)[C@H](O)CC[C@@]2(C)[C@@H]1/C=C/C1=CCOC1=O. The summed E-state index contributed by atoms with van der Waals surface area (Å²) < 4.78 is 10.4. The molecule has 170 valence electrons. The maximum absolute atomic E-state index is 12.0. The molecule has 2 aliphatic carbocycles. The van der Waals surface area contributed by atoms with Crippen molar-refractivity contribution in [3.05, 3.63) is 36.0 Å². The van der Waals surface area contributed by atoms with Gasteiger partial charge in [-0.15, -0.1) is 0 Å². The normalized spacial score (nSPS) is 35.5. The molecule has 7 heteroatoms. The average Bonchev–Trinajstić information content (AvgIpc) is 3.12. The van der Waals surface area contributed by atoms with Gasteiger partial charge in [0.1, 0.15) is 6.61 Å². The number of cyclic esters (lactones) is 1. The van der Waals surface area contributed by atoms with Crippen LogP contribution in [0.1, 0.15) is 52.4 Å². The van der Waals surface area contributed by atoms with Gasteiger partial charge in [-0.1, -0.05) is 38.2 Å². The summed E-state index contributed by atoms with van der Waals surface area (Å²) in [5, 5.41) is 19.7. The Morgan fingerprint density at radius 1 is 1.32 bits per heavy atom. The number of carbonyl (C=O) groups excluding carboxylic acids is 2. The number of rotatable bonds is 7. The Kier molecular flexibility index (Phi) is 6.74. The van der Waals surface area contributed by atoms with Gasteiger partial charge in [-0.3, -0.25) is 9.59 Å². The van der Waals surface area contributed by atoms with Crippen molar-refractivity contribution in [2.24, 2.45) is 22.7 Å². The number of hydrogen-bond donors (Lipinski definition) is 2. The van der Waals surface area contributed by atoms with Gasteiger partial charge in [-0.2, -0.15) is 0 Å². The number of aliphatic carboxylic acids is 1. The molecule has 2 saturated carbocycles. The molecule has 3 rings (SSSR count). The van der Waals surface area contributed by atoms with E-state index in [9.17, 15) is 19.5 Å². The minimum Gasteiger partial charge on any atom is -0.481 e. The largest absolute Gasteiger partial charge is 0.481 e. The summed E-state index contributed by atoms with van der Waals surface area (Å²) in [5.41, 5.74) is 0.782. The van der Waals surface area contributed by atoms with E-state index < -0.39 is 23.5 Å². The topological polar surface area (TPSA) is 110 Å². The van der Waals surface area contributed by atoms with E-state index in [1.54, 1.807) is 6.08 Å². The zero-order valence-corrected chi connectivity index (χ0v) is 18.3. The maximum Gasteiger partial charge on any atom is 0.338 e. The van der Waals surface area contributed by atoms with Crippen LogP contribution in [-0.4, -0.2) is 47.4 Å². The molecule has 1 aliphatic heterocycles. The summed E-state index contributed by atoms with van der Waals surface area (Å²) in [4.78, 5) is 34.5. The van der Waals surface area contributed by atoms with Crippen LogP contribution in [0.2, 0.25) is 0 Å². The predicted octanol–water partition coefficient (Wildman–Crippen LogP) is 3.18. The third-order valence-electron chi connectivity index (χ3n) is 7.52. The van der Waals surface area contributed by atoms with Crippen LogP contribution >= 0.6 is 0 Å². The van der Waals surface area contributed by atoms with Gasteiger partial charge in [0.25, 0.3) is 0 Å². The van der Waals surface area contributed by atoms with Gasteiger partial charge in [-0.25, -0.2) is 4.79 Å². The van der Waals surface area contributed by atoms with Crippen LogP contribution in [0, 0.1) is 22.7 Å². The highest BCUT2D eigenvalue weighted by Gasteiger charge is 2.57. The predicted molar refractivity (Wildman–Crippen MR) is 113 cm³/mol. The number of esters is 2. The zero-order valence-electron chi connectivity index (χ0n) is 18.3. The Bertz CT molecular complexity index is 826. The van der Waals surface area contributed by atoms with Crippen molar-refractivity contribution in [2.45, 2.75) is 58.5 Å². The Morgan fingerprint density at radius 2 is 2.06 bits per heavy atom. The van der Waals surface area contributed by atoms with E-state index in [0.717, 1.165) is 24.8 Å². The van der Waals surface area contributed by atoms with Crippen LogP contribution in [0.15, 0.2) is 36.0 Å². The summed E-state index contributed by atoms with van der Waals surface area (Å²) in [6, 6.07) is 0. The summed E-state index contributed by atoms with van der Waals surface area (Å²) >= 11 is 0. The first-order valence-electron chi connectivity index (χ1n) is 10.9. The van der Waals surface area contributed by atoms with Gasteiger partial charge < -0.3 is 19.7 Å². The molecule has 1 unspecified atom stereocenters. The molecule has 0 saturated heterocycles. The lowest BCUT2D eigenvalue weighted by Crippen LogP contribution is -2.57. The molecule has 5 atom stereocenters. The smallest absolute Gasteiger partial charge is 0.338 e. The minimum atomic E-state index is -1.05. The number of allylic oxidation sites excluding steroid dienone is 2. The maximum atomic E-state index is 12.0. The Balaban J connectivity index is 1.80. The van der Waals surface area contributed by atoms with Crippen molar-refractivity contribution in [3.8, 4) is 0 Å². The molecular weight excluding hydrogens is 400 g/mol. The highest BCUT2D eigenvalue weighted by Crippen LogP contribution is 2.61. The lowest BCUT2D eigenvalue weighted by Gasteiger charge is -2.59. The molecule has 7 nitrogen and oxygen atoms in total. The van der Waals surface area contributed by atoms with Crippen LogP contribution in [-0.2, 0) is 23.9 Å². The summed E-state index contributed by atoms with van der Waals surface area (Å²) in [5.74, 6) is -1.84. The fraction of sp³-hybridized carbons (Fsp3) is 0.625. The second-order valence-corrected chi connectivity index (χ2v) is 9.46. The molecule has 1 heterocycles. The molecule has 2 N–H and O–H groups in total. The van der Waals surface area contributed by atoms with Crippen molar-refractivity contribution in [2.75, 3.05) is 13.2 Å². The number of ether oxygens (including phenoxy) is 2. The number of aliphatic hydroxyl groups excluding tert-OH is 1. The second kappa shape index (κ2) is 8.99. The van der Waals surface area contributed by atoms with Crippen molar-refractivity contribution < 1.29 is 34.1 Å². The molecule has 0 spiro atoms. The van der Waals surface area contributed by atoms with Gasteiger partial charge in [0.05, 0.1) is 31.1 Å². The van der Waals surface area contributed by atoms with Crippen LogP contribution in [0.25, 0.3) is 0 Å². The number of carbonyl (C=O) groups is 3. The van der Waals surface area contributed by atoms with Crippen molar-refractivity contribution in [3.63, 3.8) is 0 Å². The van der Waals surface area contributed by atoms with Gasteiger partial charge >= 0.3 is 17.9 Å². The number of aliphatic hydroxyl groups is 1. The minimum absolute atomic E-state index is 0.0232. The molecule has 0 aromatic carbocycles. The molecular formula is C24H32O7. The molecule has 0 aromatic rings. The van der Waals surface area contributed by atoms with Gasteiger partial charge in [-0.05, 0) is 43.1 Å². The van der Waals surface area contributed by atoms with Gasteiger partial charge in [0.2, 0.25) is 0 Å². The molecule has 31 heavy (non-hydrogen) atoms. The summed E-state index contributed by atoms with van der Waals surface area (Å²) in [6.07, 6.45) is 7.49. The highest BCUT2D eigenvalue weighted by molar-refractivity contribution is 5.93. The first-order valence-corrected chi connectivity index (χ1v) is 10.9. The standard InChI is InChI=1S/C24H32O7/c1-15-4-7-18-23(2,17(15)6-5-16-11-13-30-22(16)29)12-10-19(25)24(18,3)14-31-21(28)9-8-20(26)27/h5-6,11,17-19,25H,1,4,7-10,12-14H2,2-3H3,(H,26,27)/b6-5+/t17-,18?,19-,23+,24+/m1/s1. The number of fused-ring (bicyclic) bond motifs is 1. The number of hydrogen-bond acceptors (Lipinski definition) is 6. The third-order valence-corrected chi connectivity index (χ3v) is 7.52. The first kappa shape index (κ1) is 23.3. The molecule has 0 bridgehead atoms. The van der Waals surface area contributed by atoms with E-state index in [2.05, 4.69) is 13.5 Å². The van der Waals surface area contributed by atoms with Crippen LogP contribution < -0.4 is 0 Å². The van der Waals surface area contributed by atoms with Crippen LogP contribution in [0.4, 0.5) is 0 Å². The van der Waals surface area contributed by atoms with E-state index in [1.807, 2.05) is 19.1 Å². The average molecular weight is 433 g/mol. The van der Waals surface area contributed by atoms with E-state index in [-0.39, 0.29) is 42.7 Å². The van der Waals surface area contributed by atoms with Crippen molar-refractivity contribution in [1.82, 2.24) is 0 Å². The van der Waals surface area contributed by atoms with Crippen molar-refractivity contribution >= 4 is 17.9 Å². The van der Waals surface area contributed by atoms with Gasteiger partial charge in [0.15, 0.2) is 0 Å². The molecule has 2 fully saturated rings. The lowest BCUT2D eigenvalue weighted by molar-refractivity contribution is -0.172. The lowest BCUT2D eigenvalue weighted by atomic mass is 9.46. The Morgan fingerprint density at radius 3 is 2.71 bits per heavy atom. The highest BCUT2D eigenvalue weighted by atomic mass is 16.5. The Hall–Kier alpha value is -2.41. The summed E-state index contributed by atoms with van der Waals surface area (Å²) in [6.45, 7) is 8.77. The van der Waals surface area contributed by atoms with Gasteiger partial charge in [0, 0.05) is 11.3 Å².